The molecule has 0 aliphatic carbocycles. The lowest BCUT2D eigenvalue weighted by molar-refractivity contribution is 0.623. The third-order valence-corrected chi connectivity index (χ3v) is 2.98. The van der Waals surface area contributed by atoms with Gasteiger partial charge in [0, 0.05) is 31.7 Å². The number of nitrogens with zero attached hydrogens (tertiary/aromatic N) is 2. The summed E-state index contributed by atoms with van der Waals surface area (Å²) in [5.74, 6) is -0.249. The number of likely N-dealkylation sites (N-methyl/N-ethyl adjacent to an activating group) is 1. The van der Waals surface area contributed by atoms with Gasteiger partial charge in [-0.05, 0) is 29.8 Å². The Morgan fingerprint density at radius 3 is 2.78 bits per heavy atom. The average molecular weight is 245 g/mol. The van der Waals surface area contributed by atoms with E-state index in [1.807, 2.05) is 30.1 Å². The van der Waals surface area contributed by atoms with Crippen LogP contribution in [-0.2, 0) is 0 Å². The molecule has 0 bridgehead atoms. The van der Waals surface area contributed by atoms with Crippen LogP contribution < -0.4 is 10.6 Å². The molecule has 2 rings (SSSR count). The maximum Gasteiger partial charge on any atom is 0.125 e. The van der Waals surface area contributed by atoms with E-state index >= 15 is 0 Å². The zero-order valence-corrected chi connectivity index (χ0v) is 10.3. The smallest absolute Gasteiger partial charge is 0.125 e. The monoisotopic (exact) mass is 245 g/mol. The van der Waals surface area contributed by atoms with Crippen molar-refractivity contribution in [2.45, 2.75) is 6.04 Å². The second kappa shape index (κ2) is 5.60. The van der Waals surface area contributed by atoms with Gasteiger partial charge in [0.05, 0.1) is 6.04 Å². The van der Waals surface area contributed by atoms with E-state index in [2.05, 4.69) is 4.98 Å². The van der Waals surface area contributed by atoms with E-state index in [-0.39, 0.29) is 11.9 Å². The quantitative estimate of drug-likeness (QED) is 0.899. The summed E-state index contributed by atoms with van der Waals surface area (Å²) in [7, 11) is 1.90. The Labute approximate surface area is 106 Å². The van der Waals surface area contributed by atoms with E-state index in [0.717, 1.165) is 11.3 Å². The molecule has 1 aromatic carbocycles. The van der Waals surface area contributed by atoms with Crippen LogP contribution in [0.15, 0.2) is 48.8 Å². The van der Waals surface area contributed by atoms with Crippen molar-refractivity contribution < 1.29 is 4.39 Å². The molecule has 0 aliphatic heterocycles. The van der Waals surface area contributed by atoms with Crippen molar-refractivity contribution in [2.75, 3.05) is 18.5 Å². The van der Waals surface area contributed by atoms with Crippen LogP contribution in [0.25, 0.3) is 0 Å². The highest BCUT2D eigenvalue weighted by atomic mass is 19.1. The number of nitrogens with two attached hydrogens (primary N) is 1. The highest BCUT2D eigenvalue weighted by molar-refractivity contribution is 5.48. The Balaban J connectivity index is 2.28. The third-order valence-electron chi connectivity index (χ3n) is 2.98. The lowest BCUT2D eigenvalue weighted by Gasteiger charge is -2.29. The van der Waals surface area contributed by atoms with Gasteiger partial charge in [0.1, 0.15) is 5.82 Å². The molecule has 18 heavy (non-hydrogen) atoms. The third kappa shape index (κ3) is 2.65. The largest absolute Gasteiger partial charge is 0.366 e. The number of benzene rings is 1. The molecule has 0 spiro atoms. The Kier molecular flexibility index (Phi) is 3.89. The van der Waals surface area contributed by atoms with Gasteiger partial charge in [0.25, 0.3) is 0 Å². The van der Waals surface area contributed by atoms with Crippen molar-refractivity contribution >= 4 is 5.69 Å². The first-order valence-corrected chi connectivity index (χ1v) is 5.80. The number of rotatable bonds is 4. The van der Waals surface area contributed by atoms with Crippen LogP contribution >= 0.6 is 0 Å². The lowest BCUT2D eigenvalue weighted by Crippen LogP contribution is -2.30. The minimum atomic E-state index is -0.249. The number of aromatic nitrogens is 1. The van der Waals surface area contributed by atoms with Gasteiger partial charge in [0.15, 0.2) is 0 Å². The van der Waals surface area contributed by atoms with Crippen molar-refractivity contribution in [1.29, 1.82) is 0 Å². The highest BCUT2D eigenvalue weighted by Gasteiger charge is 2.16. The van der Waals surface area contributed by atoms with Crippen LogP contribution in [0.3, 0.4) is 0 Å². The molecule has 0 amide bonds. The van der Waals surface area contributed by atoms with E-state index in [4.69, 9.17) is 5.73 Å². The van der Waals surface area contributed by atoms with Gasteiger partial charge in [-0.2, -0.15) is 0 Å². The Morgan fingerprint density at radius 1 is 1.33 bits per heavy atom. The predicted molar refractivity (Wildman–Crippen MR) is 70.8 cm³/mol. The van der Waals surface area contributed by atoms with Crippen molar-refractivity contribution in [1.82, 2.24) is 4.98 Å². The molecule has 4 heteroatoms. The van der Waals surface area contributed by atoms with Gasteiger partial charge in [-0.15, -0.1) is 0 Å². The molecule has 1 aromatic heterocycles. The first-order chi connectivity index (χ1) is 8.72. The fourth-order valence-corrected chi connectivity index (χ4v) is 1.97. The molecule has 0 aliphatic rings. The predicted octanol–water partition coefficient (Wildman–Crippen LogP) is 2.36. The van der Waals surface area contributed by atoms with E-state index in [0.29, 0.717) is 6.54 Å². The summed E-state index contributed by atoms with van der Waals surface area (Å²) in [5, 5.41) is 0. The minimum Gasteiger partial charge on any atom is -0.366 e. The summed E-state index contributed by atoms with van der Waals surface area (Å²) < 4.78 is 13.2. The number of anilines is 1. The Bertz CT molecular complexity index is 501. The van der Waals surface area contributed by atoms with E-state index in [9.17, 15) is 4.39 Å². The summed E-state index contributed by atoms with van der Waals surface area (Å²) in [4.78, 5) is 6.05. The maximum atomic E-state index is 13.2. The Hall–Kier alpha value is -1.94. The molecule has 0 saturated heterocycles. The van der Waals surface area contributed by atoms with Crippen LogP contribution in [-0.4, -0.2) is 18.6 Å². The molecule has 1 unspecified atom stereocenters. The van der Waals surface area contributed by atoms with Crippen LogP contribution in [0.4, 0.5) is 10.1 Å². The fourth-order valence-electron chi connectivity index (χ4n) is 1.97. The minimum absolute atomic E-state index is 0.0134. The molecule has 0 radical (unpaired) electrons. The molecule has 2 aromatic rings. The summed E-state index contributed by atoms with van der Waals surface area (Å²) in [5.41, 5.74) is 7.64. The number of halogens is 1. The number of hydrogen-bond acceptors (Lipinski definition) is 3. The first-order valence-electron chi connectivity index (χ1n) is 5.80. The number of hydrogen-bond donors (Lipinski definition) is 1. The van der Waals surface area contributed by atoms with E-state index in [1.165, 1.54) is 12.1 Å². The highest BCUT2D eigenvalue weighted by Crippen LogP contribution is 2.24. The van der Waals surface area contributed by atoms with E-state index < -0.39 is 0 Å². The summed E-state index contributed by atoms with van der Waals surface area (Å²) in [6.45, 7) is 0.443. The second-order valence-electron chi connectivity index (χ2n) is 4.13. The van der Waals surface area contributed by atoms with Crippen molar-refractivity contribution in [2.24, 2.45) is 5.73 Å². The van der Waals surface area contributed by atoms with Crippen LogP contribution in [0.2, 0.25) is 0 Å². The molecule has 0 fully saturated rings. The zero-order chi connectivity index (χ0) is 13.0. The van der Waals surface area contributed by atoms with Gasteiger partial charge >= 0.3 is 0 Å². The van der Waals surface area contributed by atoms with Crippen molar-refractivity contribution in [3.05, 3.63) is 60.2 Å². The molecule has 3 nitrogen and oxygen atoms in total. The van der Waals surface area contributed by atoms with Gasteiger partial charge in [0.2, 0.25) is 0 Å². The fraction of sp³-hybridized carbons (Fsp3) is 0.214. The van der Waals surface area contributed by atoms with Gasteiger partial charge in [-0.25, -0.2) is 4.39 Å². The maximum absolute atomic E-state index is 13.2. The molecule has 94 valence electrons. The zero-order valence-electron chi connectivity index (χ0n) is 10.3. The molecule has 1 atom stereocenters. The van der Waals surface area contributed by atoms with Crippen LogP contribution in [0.5, 0.6) is 0 Å². The van der Waals surface area contributed by atoms with E-state index in [1.54, 1.807) is 18.5 Å². The molecule has 2 N–H and O–H groups in total. The number of pyridine rings is 1. The standard InChI is InChI=1S/C14H16FN3/c1-18(13-6-2-5-12(15)8-13)14(9-16)11-4-3-7-17-10-11/h2-8,10,14H,9,16H2,1H3. The summed E-state index contributed by atoms with van der Waals surface area (Å²) >= 11 is 0. The first kappa shape index (κ1) is 12.5. The topological polar surface area (TPSA) is 42.1 Å². The Morgan fingerprint density at radius 2 is 2.17 bits per heavy atom. The van der Waals surface area contributed by atoms with Crippen molar-refractivity contribution in [3.63, 3.8) is 0 Å². The summed E-state index contributed by atoms with van der Waals surface area (Å²) in [6, 6.07) is 10.3. The molecule has 1 heterocycles. The van der Waals surface area contributed by atoms with Gasteiger partial charge in [-0.3, -0.25) is 4.98 Å². The lowest BCUT2D eigenvalue weighted by atomic mass is 10.1. The van der Waals surface area contributed by atoms with Gasteiger partial charge in [-0.1, -0.05) is 12.1 Å². The summed E-state index contributed by atoms with van der Waals surface area (Å²) in [6.07, 6.45) is 3.51. The van der Waals surface area contributed by atoms with Crippen LogP contribution in [0.1, 0.15) is 11.6 Å². The average Bonchev–Trinajstić information content (AvgIpc) is 2.41. The van der Waals surface area contributed by atoms with Crippen LogP contribution in [0, 0.1) is 5.82 Å². The second-order valence-corrected chi connectivity index (χ2v) is 4.13. The molecular formula is C14H16FN3. The normalized spacial score (nSPS) is 12.2. The van der Waals surface area contributed by atoms with Gasteiger partial charge < -0.3 is 10.6 Å². The SMILES string of the molecule is CN(c1cccc(F)c1)C(CN)c1cccnc1. The molecular weight excluding hydrogens is 229 g/mol. The molecule has 0 saturated carbocycles. The van der Waals surface area contributed by atoms with Crippen molar-refractivity contribution in [3.8, 4) is 0 Å².